The predicted octanol–water partition coefficient (Wildman–Crippen LogP) is 2.95. The summed E-state index contributed by atoms with van der Waals surface area (Å²) in [6.45, 7) is -20.2. The molecule has 16 rings (SSSR count). The number of H-pyrrole nitrogens is 3. The maximum atomic E-state index is 13.8. The fraction of sp³-hybridized carbons (Fsp3) is 0.635. The number of nitrogens with zero attached hydrogens (tertiary/aromatic N) is 15. The summed E-state index contributed by atoms with van der Waals surface area (Å²) in [5.74, 6) is -3.96. The number of imidazole rings is 3. The number of aliphatic hydroxyl groups excluding tert-OH is 1. The van der Waals surface area contributed by atoms with E-state index in [1.54, 1.807) is 27.7 Å². The normalized spacial score (nSPS) is 30.7. The Bertz CT molecular complexity index is 6790. The van der Waals surface area contributed by atoms with Gasteiger partial charge in [-0.25, -0.2) is 49.3 Å². The highest BCUT2D eigenvalue weighted by Gasteiger charge is 2.64. The number of aromatic amines is 3. The number of aromatic nitrogens is 18. The van der Waals surface area contributed by atoms with Gasteiger partial charge in [-0.2, -0.15) is 9.97 Å². The molecule has 12 unspecified atom stereocenters. The summed E-state index contributed by atoms with van der Waals surface area (Å²) in [4.78, 5) is 196. The van der Waals surface area contributed by atoms with Gasteiger partial charge >= 0.3 is 57.4 Å². The molecule has 28 atom stereocenters. The highest BCUT2D eigenvalue weighted by Crippen LogP contribution is 2.61. The monoisotopic (exact) mass is 2190 g/mol. The van der Waals surface area contributed by atoms with Crippen molar-refractivity contribution >= 4 is 168 Å². The molecule has 2 bridgehead atoms. The molecule has 0 spiro atoms. The summed E-state index contributed by atoms with van der Waals surface area (Å²) in [7, 11) is 0. The minimum absolute atomic E-state index is 0.00886. The molecule has 0 aliphatic carbocycles. The average Bonchev–Trinajstić information content (AvgIpc) is 1.56. The van der Waals surface area contributed by atoms with Gasteiger partial charge in [-0.05, 0) is 98.0 Å². The zero-order valence-corrected chi connectivity index (χ0v) is 85.7. The number of ether oxygens (including phenoxy) is 7. The zero-order chi connectivity index (χ0) is 100. The number of anilines is 4. The van der Waals surface area contributed by atoms with Crippen LogP contribution in [0.2, 0.25) is 0 Å². The zero-order valence-electron chi connectivity index (χ0n) is 75.5. The van der Waals surface area contributed by atoms with Crippen LogP contribution in [-0.4, -0.2) is 254 Å². The van der Waals surface area contributed by atoms with E-state index in [1.165, 1.54) is 82.3 Å². The number of nitrogens with one attached hydrogen (secondary N) is 3. The van der Waals surface area contributed by atoms with Gasteiger partial charge in [0.25, 0.3) is 16.7 Å². The maximum absolute atomic E-state index is 13.8. The van der Waals surface area contributed by atoms with Crippen LogP contribution >= 0.6 is 40.3 Å². The minimum atomic E-state index is -4.71. The molecule has 0 saturated carbocycles. The van der Waals surface area contributed by atoms with Gasteiger partial charge in [0, 0.05) is 78.2 Å². The summed E-state index contributed by atoms with van der Waals surface area (Å²) in [6, 6.07) is 0. The summed E-state index contributed by atoms with van der Waals surface area (Å²) < 4.78 is 127. The molecule has 16 heterocycles. The molecule has 9 aromatic rings. The van der Waals surface area contributed by atoms with Crippen LogP contribution in [0.25, 0.3) is 33.5 Å². The van der Waals surface area contributed by atoms with Gasteiger partial charge < -0.3 is 145 Å². The Labute approximate surface area is 823 Å². The summed E-state index contributed by atoms with van der Waals surface area (Å²) in [5.41, 5.74) is 19.4. The molecular formula is C74H104N22O32P6S6. The smallest absolute Gasteiger partial charge is 0.351 e. The van der Waals surface area contributed by atoms with E-state index in [0.717, 1.165) is 41.2 Å². The first-order chi connectivity index (χ1) is 66.2. The van der Waals surface area contributed by atoms with Crippen LogP contribution in [-0.2, 0) is 158 Å². The standard InChI is InChI=1S/C74H104N22O32P6S6/c1-8-9-10-11-12-13-14-111-130(105,136)124-41-15-49(91-19-35(3)64(98)89-72(91)102)118-45(41)24-114-131(106,137)125-42-16-50(94-31-83-52-59(76)79-29-81-61(52)94)119-46(42)25-116-133(108,139)128-56-39(7)68(93-20-36(4)65(99)90-73(93)103)122-48(56)27-113-129(104,135)112-23-40-57-69(96-33-84-53-60(77)80-30-82-62(53)96)123-74(40,37(5)22-110-57)28-117-134(109,140)126-43-17-51(95-32-85-54-63(95)87-70(78)88-66(54)100)120-47(43)26-115-132(107,138)127-55-38(6)67(121-44(55)21-97)92-18-34(2)58(75)86-71(92)101/h18-20,29-33,37-51,55-57,67-69,97H,8-17,21-28H2,1-7H3,(H,104,135)(H,105,136)(H,106,137)(H,107,138)(H,108,139)(H,109,140)(H2,75,86,101)(H2,76,79,81)(H2,77,80,82)(H,89,98,102)(H,90,99,103)(H3,78,87,88,100)/t37-,38+,39+,40?,41?,42?,43?,44-,45-,46-,47-,48-,49-,50-,51-,55?,56?,57+,67-,68-,69-,74+,129?,130?,131?,132?,133?,134?/m1/s1. The van der Waals surface area contributed by atoms with E-state index in [4.69, 9.17) is 181 Å². The molecular weight excluding hydrogens is 2090 g/mol. The van der Waals surface area contributed by atoms with Crippen molar-refractivity contribution in [3.05, 3.63) is 129 Å². The number of unbranched alkanes of at least 4 members (excludes halogenated alkanes) is 5. The Morgan fingerprint density at radius 2 is 0.907 bits per heavy atom. The highest BCUT2D eigenvalue weighted by atomic mass is 32.5. The van der Waals surface area contributed by atoms with Crippen molar-refractivity contribution in [2.24, 2.45) is 23.7 Å². The molecule has 140 heavy (non-hydrogen) atoms. The van der Waals surface area contributed by atoms with Crippen LogP contribution in [0.3, 0.4) is 0 Å². The van der Waals surface area contributed by atoms with Crippen molar-refractivity contribution in [2.45, 2.75) is 216 Å². The largest absolute Gasteiger partial charge is 0.394 e. The third-order valence-electron chi connectivity index (χ3n) is 25.0. The summed E-state index contributed by atoms with van der Waals surface area (Å²) >= 11 is 34.2. The average molecular weight is 2190 g/mol. The molecule has 7 aliphatic rings. The molecule has 768 valence electrons. The van der Waals surface area contributed by atoms with E-state index in [-0.39, 0.29) is 100 Å². The van der Waals surface area contributed by atoms with Crippen LogP contribution in [0.15, 0.2) is 79.0 Å². The quantitative estimate of drug-likeness (QED) is 0.0193. The number of aliphatic hydroxyl groups is 1. The van der Waals surface area contributed by atoms with Gasteiger partial charge in [-0.3, -0.25) is 56.7 Å². The number of aryl methyl sites for hydroxylation is 3. The van der Waals surface area contributed by atoms with Gasteiger partial charge in [-0.15, -0.1) is 0 Å². The van der Waals surface area contributed by atoms with Crippen molar-refractivity contribution in [1.29, 1.82) is 0 Å². The van der Waals surface area contributed by atoms with E-state index in [1.807, 2.05) is 0 Å². The Balaban J connectivity index is 0.627. The van der Waals surface area contributed by atoms with E-state index in [2.05, 4.69) is 66.7 Å². The second-order valence-corrected chi connectivity index (χ2v) is 51.3. The molecule has 7 fully saturated rings. The van der Waals surface area contributed by atoms with Gasteiger partial charge in [0.05, 0.1) is 96.8 Å². The van der Waals surface area contributed by atoms with Gasteiger partial charge in [-0.1, -0.05) is 59.8 Å². The predicted molar refractivity (Wildman–Crippen MR) is 514 cm³/mol. The SMILES string of the molecule is CCCCCCCCOP(O)(=S)OC1C[C@H](n2cc(C)c(=O)[nH]c2=O)O[C@@H]1COP(O)(=S)OC1C[C@H](n2cnc3c(N)ncnc32)O[C@@H]1COP(O)(=S)OC1[C@@H](COP(O)(=S)OCC2[C@@H]3OC[C@@H](C)[C@]2(COP(O)(=S)OC2C[C@H](n4cnc5c(=O)[nH]c(N)nc54)O[C@@H]2COP(O)(=S)OC2[C@@H](CO)O[C@@H](n4cc(C)c(N)nc4=O)[C@H]2C)O[C@H]3n2cnc3c(N)ncnc32)O[C@@H](n2cc(C)c(=O)[nH]c2=O)[C@H]1C. The highest BCUT2D eigenvalue weighted by molar-refractivity contribution is 8.08. The molecule has 54 nitrogen and oxygen atoms in total. The second-order valence-electron chi connectivity index (χ2n) is 34.5. The van der Waals surface area contributed by atoms with Gasteiger partial charge in [0.2, 0.25) is 5.95 Å². The molecule has 18 N–H and O–H groups in total. The van der Waals surface area contributed by atoms with Crippen LogP contribution in [0.5, 0.6) is 0 Å². The first kappa shape index (κ1) is 107. The molecule has 9 aromatic heterocycles. The van der Waals surface area contributed by atoms with Crippen LogP contribution < -0.4 is 56.7 Å². The molecule has 0 amide bonds. The molecule has 66 heteroatoms. The lowest BCUT2D eigenvalue weighted by atomic mass is 9.76. The number of hydrogen-bond donors (Lipinski definition) is 14. The van der Waals surface area contributed by atoms with Crippen molar-refractivity contribution in [2.75, 3.05) is 82.4 Å². The third-order valence-corrected chi connectivity index (χ3v) is 34.5. The minimum Gasteiger partial charge on any atom is -0.394 e. The summed E-state index contributed by atoms with van der Waals surface area (Å²) in [6.07, 6.45) is -6.06. The topological polar surface area (TPSA) is 716 Å². The lowest BCUT2D eigenvalue weighted by Gasteiger charge is -2.43. The van der Waals surface area contributed by atoms with E-state index in [9.17, 15) is 63.2 Å². The number of hydrogen-bond acceptors (Lipinski definition) is 45. The van der Waals surface area contributed by atoms with Crippen molar-refractivity contribution in [1.82, 2.24) is 87.2 Å². The fourth-order valence-corrected chi connectivity index (χ4v) is 26.4. The second kappa shape index (κ2) is 43.3. The summed E-state index contributed by atoms with van der Waals surface area (Å²) in [5, 5.41) is 10.5. The number of nitrogen functional groups attached to an aromatic ring is 4. The molecule has 0 aromatic carbocycles. The van der Waals surface area contributed by atoms with E-state index < -0.39 is 254 Å². The van der Waals surface area contributed by atoms with E-state index in [0.29, 0.717) is 12.0 Å². The first-order valence-electron chi connectivity index (χ1n) is 43.9. The third kappa shape index (κ3) is 23.6. The van der Waals surface area contributed by atoms with Crippen LogP contribution in [0.4, 0.5) is 23.4 Å². The number of rotatable bonds is 43. The Kier molecular flexibility index (Phi) is 32.9. The Morgan fingerprint density at radius 1 is 0.457 bits per heavy atom. The molecule has 0 radical (unpaired) electrons. The molecule has 7 saturated heterocycles. The maximum Gasteiger partial charge on any atom is 0.351 e. The lowest BCUT2D eigenvalue weighted by molar-refractivity contribution is -0.152. The Hall–Kier alpha value is -6.25. The number of fused-ring (bicyclic) bond motifs is 5. The van der Waals surface area contributed by atoms with Gasteiger partial charge in [0.15, 0.2) is 40.3 Å². The number of nitrogens with two attached hydrogens (primary N) is 4. The fourth-order valence-electron chi connectivity index (χ4n) is 17.8. The van der Waals surface area contributed by atoms with Crippen molar-refractivity contribution in [3.63, 3.8) is 0 Å². The van der Waals surface area contributed by atoms with Crippen LogP contribution in [0, 0.1) is 44.4 Å². The first-order valence-corrected chi connectivity index (χ1v) is 59.4. The van der Waals surface area contributed by atoms with E-state index >= 15 is 0 Å². The Morgan fingerprint density at radius 3 is 1.48 bits per heavy atom. The van der Waals surface area contributed by atoms with Crippen molar-refractivity contribution in [3.8, 4) is 0 Å². The van der Waals surface area contributed by atoms with Crippen molar-refractivity contribution < 1.29 is 122 Å². The molecule has 7 aliphatic heterocycles. The van der Waals surface area contributed by atoms with Gasteiger partial charge in [0.1, 0.15) is 115 Å². The van der Waals surface area contributed by atoms with Crippen LogP contribution in [0.1, 0.15) is 140 Å². The lowest BCUT2D eigenvalue weighted by Crippen LogP contribution is -2.55.